The van der Waals surface area contributed by atoms with Gasteiger partial charge in [0.25, 0.3) is 0 Å². The van der Waals surface area contributed by atoms with Crippen molar-refractivity contribution in [3.8, 4) is 0 Å². The number of benzene rings is 2. The summed E-state index contributed by atoms with van der Waals surface area (Å²) in [6.45, 7) is 5.66. The molecule has 42 heavy (non-hydrogen) atoms. The zero-order chi connectivity index (χ0) is 29.2. The molecule has 2 fully saturated rings. The number of rotatable bonds is 7. The van der Waals surface area contributed by atoms with Crippen LogP contribution in [0.5, 0.6) is 0 Å². The topological polar surface area (TPSA) is 112 Å². The molecule has 0 bridgehead atoms. The largest absolute Gasteiger partial charge is 0.450 e. The maximum absolute atomic E-state index is 13.5. The molecule has 2 aliphatic rings. The van der Waals surface area contributed by atoms with Gasteiger partial charge in [-0.25, -0.2) is 13.2 Å². The van der Waals surface area contributed by atoms with Crippen LogP contribution in [0.1, 0.15) is 25.5 Å². The number of carbonyl (C=O) groups excluding carboxylic acids is 2. The van der Waals surface area contributed by atoms with Gasteiger partial charge < -0.3 is 19.9 Å². The first-order valence-corrected chi connectivity index (χ1v) is 15.5. The quantitative estimate of drug-likeness (QED) is 0.413. The molecule has 0 aliphatic carbocycles. The van der Waals surface area contributed by atoms with Crippen LogP contribution in [-0.2, 0) is 19.6 Å². The second-order valence-corrected chi connectivity index (χ2v) is 12.9. The molecule has 5 rings (SSSR count). The highest BCUT2D eigenvalue weighted by atomic mass is 35.5. The van der Waals surface area contributed by atoms with E-state index in [-0.39, 0.29) is 56.0 Å². The minimum atomic E-state index is -3.88. The van der Waals surface area contributed by atoms with Crippen LogP contribution in [0.4, 0.5) is 10.5 Å². The summed E-state index contributed by atoms with van der Waals surface area (Å²) in [5, 5.41) is 5.20. The normalized spacial score (nSPS) is 17.5. The monoisotopic (exact) mass is 635 g/mol. The van der Waals surface area contributed by atoms with Gasteiger partial charge in [-0.05, 0) is 73.9 Å². The summed E-state index contributed by atoms with van der Waals surface area (Å²) in [5.41, 5.74) is 1.30. The first kappa shape index (κ1) is 31.8. The zero-order valence-corrected chi connectivity index (χ0v) is 26.0. The molecule has 10 nitrogen and oxygen atoms in total. The highest BCUT2D eigenvalue weighted by molar-refractivity contribution is 7.89. The predicted octanol–water partition coefficient (Wildman–Crippen LogP) is 4.24. The van der Waals surface area contributed by atoms with Crippen molar-refractivity contribution >= 4 is 62.5 Å². The van der Waals surface area contributed by atoms with Gasteiger partial charge in [0, 0.05) is 55.3 Å². The first-order valence-electron chi connectivity index (χ1n) is 13.7. The summed E-state index contributed by atoms with van der Waals surface area (Å²) < 4.78 is 33.3. The molecule has 3 aromatic rings. The van der Waals surface area contributed by atoms with Crippen molar-refractivity contribution in [1.29, 1.82) is 0 Å². The SMILES string of the molecule is CCOC(=O)NC1(CN2CCN(S(=O)(=O)c3ccc4cc(Cl)ccc4c3)CC2=O)CCN(c2ccnc(C)c2)CC1.Cl. The summed E-state index contributed by atoms with van der Waals surface area (Å²) in [4.78, 5) is 34.2. The summed E-state index contributed by atoms with van der Waals surface area (Å²) in [5.74, 6) is -0.301. The zero-order valence-electron chi connectivity index (χ0n) is 23.6. The number of ether oxygens (including phenoxy) is 1. The highest BCUT2D eigenvalue weighted by Crippen LogP contribution is 2.30. The van der Waals surface area contributed by atoms with Gasteiger partial charge in [0.15, 0.2) is 0 Å². The molecule has 0 radical (unpaired) electrons. The fourth-order valence-electron chi connectivity index (χ4n) is 5.56. The third-order valence-corrected chi connectivity index (χ3v) is 9.87. The fourth-order valence-corrected chi connectivity index (χ4v) is 7.15. The first-order chi connectivity index (χ1) is 19.6. The van der Waals surface area contributed by atoms with E-state index in [1.165, 1.54) is 4.31 Å². The maximum Gasteiger partial charge on any atom is 0.407 e. The number of halogens is 2. The van der Waals surface area contributed by atoms with Gasteiger partial charge in [-0.2, -0.15) is 4.31 Å². The summed E-state index contributed by atoms with van der Waals surface area (Å²) in [6.07, 6.45) is 2.45. The molecule has 0 unspecified atom stereocenters. The van der Waals surface area contributed by atoms with Crippen LogP contribution in [-0.4, -0.2) is 86.0 Å². The average molecular weight is 637 g/mol. The lowest BCUT2D eigenvalue weighted by Gasteiger charge is -2.46. The van der Waals surface area contributed by atoms with E-state index in [0.717, 1.165) is 22.2 Å². The van der Waals surface area contributed by atoms with Crippen LogP contribution < -0.4 is 10.2 Å². The molecule has 0 atom stereocenters. The molecule has 0 spiro atoms. The molecule has 2 saturated heterocycles. The predicted molar refractivity (Wildman–Crippen MR) is 165 cm³/mol. The van der Waals surface area contributed by atoms with Crippen LogP contribution in [0.2, 0.25) is 5.02 Å². The minimum absolute atomic E-state index is 0. The number of aryl methyl sites for hydroxylation is 1. The van der Waals surface area contributed by atoms with Gasteiger partial charge in [-0.15, -0.1) is 12.4 Å². The molecule has 2 aromatic carbocycles. The number of alkyl carbamates (subject to hydrolysis) is 1. The van der Waals surface area contributed by atoms with Crippen LogP contribution in [0.3, 0.4) is 0 Å². The van der Waals surface area contributed by atoms with Crippen molar-refractivity contribution in [1.82, 2.24) is 19.5 Å². The van der Waals surface area contributed by atoms with Crippen molar-refractivity contribution < 1.29 is 22.7 Å². The Hall–Kier alpha value is -3.12. The number of pyridine rings is 1. The van der Waals surface area contributed by atoms with Crippen LogP contribution in [0.15, 0.2) is 59.6 Å². The van der Waals surface area contributed by atoms with Crippen LogP contribution in [0, 0.1) is 6.92 Å². The van der Waals surface area contributed by atoms with E-state index in [1.807, 2.05) is 19.1 Å². The molecule has 3 heterocycles. The van der Waals surface area contributed by atoms with Gasteiger partial charge in [-0.3, -0.25) is 9.78 Å². The molecule has 0 saturated carbocycles. The van der Waals surface area contributed by atoms with Crippen molar-refractivity contribution in [3.63, 3.8) is 0 Å². The molecule has 13 heteroatoms. The summed E-state index contributed by atoms with van der Waals surface area (Å²) in [7, 11) is -3.88. The third-order valence-electron chi connectivity index (χ3n) is 7.80. The Labute approximate surface area is 257 Å². The van der Waals surface area contributed by atoms with E-state index < -0.39 is 21.7 Å². The third kappa shape index (κ3) is 6.91. The number of hydrogen-bond donors (Lipinski definition) is 1. The van der Waals surface area contributed by atoms with E-state index in [0.29, 0.717) is 31.0 Å². The Morgan fingerprint density at radius 3 is 2.45 bits per heavy atom. The van der Waals surface area contributed by atoms with Crippen LogP contribution in [0.25, 0.3) is 10.8 Å². The van der Waals surface area contributed by atoms with Gasteiger partial charge in [-0.1, -0.05) is 23.7 Å². The van der Waals surface area contributed by atoms with Crippen molar-refractivity contribution in [2.45, 2.75) is 37.1 Å². The van der Waals surface area contributed by atoms with Crippen molar-refractivity contribution in [3.05, 3.63) is 65.4 Å². The average Bonchev–Trinajstić information content (AvgIpc) is 2.94. The Morgan fingerprint density at radius 2 is 1.76 bits per heavy atom. The van der Waals surface area contributed by atoms with Crippen LogP contribution >= 0.6 is 24.0 Å². The maximum atomic E-state index is 13.5. The second-order valence-electron chi connectivity index (χ2n) is 10.6. The van der Waals surface area contributed by atoms with E-state index in [4.69, 9.17) is 16.3 Å². The Bertz CT molecular complexity index is 1560. The van der Waals surface area contributed by atoms with E-state index in [2.05, 4.69) is 15.2 Å². The van der Waals surface area contributed by atoms with Gasteiger partial charge in [0.1, 0.15) is 0 Å². The number of sulfonamides is 1. The number of nitrogens with zero attached hydrogens (tertiary/aromatic N) is 4. The number of fused-ring (bicyclic) bond motifs is 1. The standard InChI is InChI=1S/C29H34ClN5O5S.ClH/c1-3-40-28(37)32-29(9-12-33(13-10-29)25-8-11-31-21(2)16-25)20-34-14-15-35(19-27(34)36)41(38,39)26-7-5-22-17-24(30)6-4-23(22)18-26;/h4-8,11,16-18H,3,9-10,12-15,19-20H2,1-2H3,(H,32,37);1H. The second kappa shape index (κ2) is 13.0. The molecular formula is C29H35Cl2N5O5S. The number of carbonyl (C=O) groups is 2. The van der Waals surface area contributed by atoms with Gasteiger partial charge in [0.2, 0.25) is 15.9 Å². The minimum Gasteiger partial charge on any atom is -0.450 e. The molecule has 1 N–H and O–H groups in total. The Balaban J connectivity index is 0.00000405. The number of piperazine rings is 1. The molecule has 2 aliphatic heterocycles. The van der Waals surface area contributed by atoms with E-state index in [1.54, 1.807) is 54.4 Å². The number of anilines is 1. The molecular weight excluding hydrogens is 601 g/mol. The van der Waals surface area contributed by atoms with Gasteiger partial charge in [0.05, 0.1) is 23.6 Å². The lowest BCUT2D eigenvalue weighted by Crippen LogP contribution is -2.64. The number of aromatic nitrogens is 1. The smallest absolute Gasteiger partial charge is 0.407 e. The number of piperidine rings is 1. The Kier molecular flexibility index (Phi) is 9.87. The molecule has 226 valence electrons. The van der Waals surface area contributed by atoms with Crippen molar-refractivity contribution in [2.75, 3.05) is 50.8 Å². The lowest BCUT2D eigenvalue weighted by atomic mass is 9.86. The van der Waals surface area contributed by atoms with Crippen molar-refractivity contribution in [2.24, 2.45) is 0 Å². The lowest BCUT2D eigenvalue weighted by molar-refractivity contribution is -0.135. The summed E-state index contributed by atoms with van der Waals surface area (Å²) >= 11 is 6.06. The van der Waals surface area contributed by atoms with Gasteiger partial charge >= 0.3 is 6.09 Å². The Morgan fingerprint density at radius 1 is 1.05 bits per heavy atom. The fraction of sp³-hybridized carbons (Fsp3) is 0.414. The molecule has 1 aromatic heterocycles. The number of nitrogens with one attached hydrogen (secondary N) is 1. The number of hydrogen-bond acceptors (Lipinski definition) is 7. The number of amides is 2. The van der Waals surface area contributed by atoms with E-state index in [9.17, 15) is 18.0 Å². The van der Waals surface area contributed by atoms with E-state index >= 15 is 0 Å². The summed E-state index contributed by atoms with van der Waals surface area (Å²) in [6, 6.07) is 14.1. The highest BCUT2D eigenvalue weighted by Gasteiger charge is 2.41. The molecule has 2 amide bonds.